The van der Waals surface area contributed by atoms with Gasteiger partial charge in [0.25, 0.3) is 5.91 Å². The zero-order valence-corrected chi connectivity index (χ0v) is 19.4. The first-order valence-corrected chi connectivity index (χ1v) is 11.0. The molecule has 0 radical (unpaired) electrons. The number of aryl methyl sites for hydroxylation is 1. The first kappa shape index (κ1) is 22.5. The highest BCUT2D eigenvalue weighted by atomic mass is 19.1. The molecule has 2 aromatic carbocycles. The Labute approximate surface area is 200 Å². The standard InChI is InChI=1S/C24H23FN6O4/c1-14-12-19(31-26-9-10-27-31)16(13-20(14)33-2)24(32)30-11-5-8-18(30)23-28-22(29-35-23)15-6-4-7-17(25)21(15)34-3/h4,6-7,9-10,12-13,18H,5,8,11H2,1-3H3. The topological polar surface area (TPSA) is 108 Å². The van der Waals surface area contributed by atoms with Crippen molar-refractivity contribution in [3.63, 3.8) is 0 Å². The summed E-state index contributed by atoms with van der Waals surface area (Å²) < 4.78 is 30.3. The second-order valence-corrected chi connectivity index (χ2v) is 8.09. The minimum absolute atomic E-state index is 0.0299. The number of hydrogen-bond donors (Lipinski definition) is 0. The predicted octanol–water partition coefficient (Wildman–Crippen LogP) is 3.76. The average molecular weight is 478 g/mol. The maximum atomic E-state index is 14.2. The maximum absolute atomic E-state index is 14.2. The predicted molar refractivity (Wildman–Crippen MR) is 122 cm³/mol. The summed E-state index contributed by atoms with van der Waals surface area (Å²) in [5.41, 5.74) is 2.15. The van der Waals surface area contributed by atoms with Crippen LogP contribution >= 0.6 is 0 Å². The van der Waals surface area contributed by atoms with Crippen molar-refractivity contribution in [1.29, 1.82) is 0 Å². The smallest absolute Gasteiger partial charge is 0.256 e. The Morgan fingerprint density at radius 3 is 2.71 bits per heavy atom. The van der Waals surface area contributed by atoms with Crippen LogP contribution in [0.5, 0.6) is 11.5 Å². The Morgan fingerprint density at radius 1 is 1.17 bits per heavy atom. The van der Waals surface area contributed by atoms with E-state index in [0.29, 0.717) is 35.5 Å². The van der Waals surface area contributed by atoms with Crippen LogP contribution in [-0.2, 0) is 0 Å². The average Bonchev–Trinajstić information content (AvgIpc) is 3.64. The fourth-order valence-electron chi connectivity index (χ4n) is 4.36. The van der Waals surface area contributed by atoms with Crippen molar-refractivity contribution >= 4 is 5.91 Å². The molecule has 1 amide bonds. The van der Waals surface area contributed by atoms with Gasteiger partial charge < -0.3 is 18.9 Å². The lowest BCUT2D eigenvalue weighted by molar-refractivity contribution is 0.0709. The number of nitrogens with zero attached hydrogens (tertiary/aromatic N) is 6. The molecule has 1 aliphatic rings. The molecule has 1 atom stereocenters. The molecule has 0 N–H and O–H groups in total. The number of hydrogen-bond acceptors (Lipinski definition) is 8. The van der Waals surface area contributed by atoms with E-state index in [2.05, 4.69) is 20.3 Å². The number of ether oxygens (including phenoxy) is 2. The number of aromatic nitrogens is 5. The van der Waals surface area contributed by atoms with Gasteiger partial charge in [-0.1, -0.05) is 11.2 Å². The molecule has 4 aromatic rings. The highest BCUT2D eigenvalue weighted by Crippen LogP contribution is 2.37. The Hall–Kier alpha value is -4.28. The maximum Gasteiger partial charge on any atom is 0.256 e. The SMILES string of the molecule is COc1cc(C(=O)N2CCCC2c2nc(-c3cccc(F)c3OC)no2)c(-n2nccn2)cc1C. The van der Waals surface area contributed by atoms with E-state index < -0.39 is 11.9 Å². The van der Waals surface area contributed by atoms with E-state index in [0.717, 1.165) is 12.0 Å². The van der Waals surface area contributed by atoms with Crippen LogP contribution < -0.4 is 9.47 Å². The lowest BCUT2D eigenvalue weighted by atomic mass is 10.1. The van der Waals surface area contributed by atoms with E-state index >= 15 is 0 Å². The first-order valence-electron chi connectivity index (χ1n) is 11.0. The van der Waals surface area contributed by atoms with Gasteiger partial charge in [0.15, 0.2) is 11.6 Å². The molecule has 0 saturated carbocycles. The summed E-state index contributed by atoms with van der Waals surface area (Å²) in [6, 6.07) is 7.57. The summed E-state index contributed by atoms with van der Waals surface area (Å²) in [4.78, 5) is 21.4. The summed E-state index contributed by atoms with van der Waals surface area (Å²) in [6.07, 6.45) is 4.50. The third kappa shape index (κ3) is 3.98. The Morgan fingerprint density at radius 2 is 1.97 bits per heavy atom. The summed E-state index contributed by atoms with van der Waals surface area (Å²) in [6.45, 7) is 2.39. The van der Waals surface area contributed by atoms with E-state index in [1.54, 1.807) is 42.6 Å². The van der Waals surface area contributed by atoms with Gasteiger partial charge in [-0.15, -0.1) is 0 Å². The van der Waals surface area contributed by atoms with Crippen molar-refractivity contribution in [3.8, 4) is 28.6 Å². The molecular weight excluding hydrogens is 455 g/mol. The molecule has 0 aliphatic carbocycles. The Balaban J connectivity index is 1.50. The molecule has 5 rings (SSSR count). The quantitative estimate of drug-likeness (QED) is 0.412. The van der Waals surface area contributed by atoms with Gasteiger partial charge in [0.1, 0.15) is 11.8 Å². The van der Waals surface area contributed by atoms with Gasteiger partial charge in [-0.3, -0.25) is 4.79 Å². The van der Waals surface area contributed by atoms with Crippen LogP contribution in [0.25, 0.3) is 17.1 Å². The zero-order valence-electron chi connectivity index (χ0n) is 19.4. The van der Waals surface area contributed by atoms with Gasteiger partial charge in [-0.05, 0) is 49.6 Å². The molecule has 3 heterocycles. The van der Waals surface area contributed by atoms with Crippen molar-refractivity contribution in [2.45, 2.75) is 25.8 Å². The van der Waals surface area contributed by atoms with Crippen molar-refractivity contribution in [1.82, 2.24) is 30.0 Å². The molecule has 10 nitrogen and oxygen atoms in total. The molecule has 0 bridgehead atoms. The third-order valence-corrected chi connectivity index (χ3v) is 6.03. The normalized spacial score (nSPS) is 15.4. The molecule has 2 aromatic heterocycles. The molecule has 1 fully saturated rings. The van der Waals surface area contributed by atoms with Crippen LogP contribution in [0, 0.1) is 12.7 Å². The highest BCUT2D eigenvalue weighted by Gasteiger charge is 2.36. The third-order valence-electron chi connectivity index (χ3n) is 6.03. The van der Waals surface area contributed by atoms with E-state index in [-0.39, 0.29) is 23.4 Å². The molecule has 11 heteroatoms. The monoisotopic (exact) mass is 478 g/mol. The van der Waals surface area contributed by atoms with Crippen LogP contribution in [0.1, 0.15) is 40.7 Å². The van der Waals surface area contributed by atoms with E-state index in [1.165, 1.54) is 18.0 Å². The molecule has 0 spiro atoms. The Kier molecular flexibility index (Phi) is 5.89. The van der Waals surface area contributed by atoms with E-state index in [9.17, 15) is 9.18 Å². The molecule has 35 heavy (non-hydrogen) atoms. The number of benzene rings is 2. The van der Waals surface area contributed by atoms with Crippen LogP contribution in [0.4, 0.5) is 4.39 Å². The minimum Gasteiger partial charge on any atom is -0.496 e. The second kappa shape index (κ2) is 9.16. The molecule has 1 aliphatic heterocycles. The van der Waals surface area contributed by atoms with Gasteiger partial charge in [-0.25, -0.2) is 4.39 Å². The Bertz CT molecular complexity index is 1370. The van der Waals surface area contributed by atoms with Gasteiger partial charge in [0, 0.05) is 6.54 Å². The lowest BCUT2D eigenvalue weighted by Crippen LogP contribution is -2.31. The van der Waals surface area contributed by atoms with Crippen LogP contribution in [0.3, 0.4) is 0 Å². The van der Waals surface area contributed by atoms with Gasteiger partial charge >= 0.3 is 0 Å². The van der Waals surface area contributed by atoms with Crippen molar-refractivity contribution in [3.05, 3.63) is 65.6 Å². The number of para-hydroxylation sites is 1. The van der Waals surface area contributed by atoms with Gasteiger partial charge in [0.2, 0.25) is 11.7 Å². The van der Waals surface area contributed by atoms with Crippen molar-refractivity contribution in [2.75, 3.05) is 20.8 Å². The second-order valence-electron chi connectivity index (χ2n) is 8.09. The molecule has 180 valence electrons. The minimum atomic E-state index is -0.526. The number of carbonyl (C=O) groups excluding carboxylic acids is 1. The zero-order chi connectivity index (χ0) is 24.5. The number of likely N-dealkylation sites (tertiary alicyclic amines) is 1. The molecule has 1 unspecified atom stereocenters. The lowest BCUT2D eigenvalue weighted by Gasteiger charge is -2.23. The fraction of sp³-hybridized carbons (Fsp3) is 0.292. The van der Waals surface area contributed by atoms with Crippen LogP contribution in [0.2, 0.25) is 0 Å². The summed E-state index contributed by atoms with van der Waals surface area (Å²) in [5, 5.41) is 12.4. The summed E-state index contributed by atoms with van der Waals surface area (Å²) in [5.74, 6) is 0.313. The number of methoxy groups -OCH3 is 2. The number of rotatable bonds is 6. The number of carbonyl (C=O) groups is 1. The molecular formula is C24H23FN6O4. The first-order chi connectivity index (χ1) is 17.0. The fourth-order valence-corrected chi connectivity index (χ4v) is 4.36. The molecule has 1 saturated heterocycles. The van der Waals surface area contributed by atoms with E-state index in [1.807, 2.05) is 13.0 Å². The van der Waals surface area contributed by atoms with Crippen molar-refractivity contribution < 1.29 is 23.2 Å². The van der Waals surface area contributed by atoms with E-state index in [4.69, 9.17) is 14.0 Å². The summed E-state index contributed by atoms with van der Waals surface area (Å²) >= 11 is 0. The number of amides is 1. The van der Waals surface area contributed by atoms with Gasteiger partial charge in [-0.2, -0.15) is 20.0 Å². The number of halogens is 1. The highest BCUT2D eigenvalue weighted by molar-refractivity contribution is 5.98. The van der Waals surface area contributed by atoms with Crippen LogP contribution in [-0.4, -0.2) is 56.7 Å². The van der Waals surface area contributed by atoms with Crippen molar-refractivity contribution in [2.24, 2.45) is 0 Å². The largest absolute Gasteiger partial charge is 0.496 e. The van der Waals surface area contributed by atoms with Crippen LogP contribution in [0.15, 0.2) is 47.2 Å². The van der Waals surface area contributed by atoms with Gasteiger partial charge in [0.05, 0.1) is 43.4 Å². The summed E-state index contributed by atoms with van der Waals surface area (Å²) in [7, 11) is 2.93.